The van der Waals surface area contributed by atoms with Gasteiger partial charge < -0.3 is 9.84 Å². The van der Waals surface area contributed by atoms with Gasteiger partial charge >= 0.3 is 5.97 Å². The largest absolute Gasteiger partial charge is 0.493 e. The van der Waals surface area contributed by atoms with Gasteiger partial charge in [-0.3, -0.25) is 0 Å². The van der Waals surface area contributed by atoms with Crippen molar-refractivity contribution in [2.75, 3.05) is 6.61 Å². The summed E-state index contributed by atoms with van der Waals surface area (Å²) in [6, 6.07) is 16.0. The summed E-state index contributed by atoms with van der Waals surface area (Å²) in [6.45, 7) is 1.95. The number of rotatable bonds is 7. The topological polar surface area (TPSA) is 95.0 Å². The average Bonchev–Trinajstić information content (AvgIpc) is 2.64. The van der Waals surface area contributed by atoms with E-state index < -0.39 is 5.97 Å². The van der Waals surface area contributed by atoms with E-state index in [1.165, 1.54) is 0 Å². The maximum Gasteiger partial charge on any atom is 0.330 e. The third-order valence-corrected chi connectivity index (χ3v) is 3.29. The van der Waals surface area contributed by atoms with E-state index in [1.54, 1.807) is 61.5 Å². The van der Waals surface area contributed by atoms with Crippen LogP contribution in [0, 0.1) is 11.3 Å². The molecule has 0 unspecified atom stereocenters. The number of nitriles is 1. The van der Waals surface area contributed by atoms with Crippen LogP contribution in [0.5, 0.6) is 5.75 Å². The maximum atomic E-state index is 10.7. The molecule has 0 heterocycles. The molecule has 0 bridgehead atoms. The Morgan fingerprint density at radius 3 is 2.20 bits per heavy atom. The van der Waals surface area contributed by atoms with Gasteiger partial charge in [0, 0.05) is 12.0 Å². The summed E-state index contributed by atoms with van der Waals surface area (Å²) >= 11 is 0. The molecule has 0 amide bonds. The lowest BCUT2D eigenvalue weighted by Gasteiger charge is -2.04. The summed E-state index contributed by atoms with van der Waals surface area (Å²) in [5, 5.41) is 25.7. The Hall–Kier alpha value is -3.46. The van der Waals surface area contributed by atoms with Gasteiger partial charge in [0.1, 0.15) is 5.75 Å². The zero-order valence-corrected chi connectivity index (χ0v) is 13.7. The van der Waals surface area contributed by atoms with Gasteiger partial charge in [0.25, 0.3) is 0 Å². The first-order valence-electron chi connectivity index (χ1n) is 7.63. The van der Waals surface area contributed by atoms with Crippen LogP contribution < -0.4 is 4.74 Å². The Labute approximate surface area is 145 Å². The number of carboxylic acid groups (broad SMARTS) is 1. The minimum absolute atomic E-state index is 0.308. The SMILES string of the molecule is CC(=CCCOc1ccc(N=Nc2ccc(C#N)cc2)cc1)C(=O)O. The molecule has 0 aliphatic rings. The molecule has 0 atom stereocenters. The summed E-state index contributed by atoms with van der Waals surface area (Å²) in [5.74, 6) is -0.240. The third-order valence-electron chi connectivity index (χ3n) is 3.29. The van der Waals surface area contributed by atoms with Crippen LogP contribution >= 0.6 is 0 Å². The number of azo groups is 1. The number of hydrogen-bond acceptors (Lipinski definition) is 5. The molecular formula is C19H17N3O3. The first-order valence-corrected chi connectivity index (χ1v) is 7.63. The Kier molecular flexibility index (Phi) is 6.43. The average molecular weight is 335 g/mol. The van der Waals surface area contributed by atoms with Crippen molar-refractivity contribution < 1.29 is 14.6 Å². The predicted octanol–water partition coefficient (Wildman–Crippen LogP) is 4.77. The highest BCUT2D eigenvalue weighted by molar-refractivity contribution is 5.85. The number of ether oxygens (including phenoxy) is 1. The molecule has 6 heteroatoms. The minimum Gasteiger partial charge on any atom is -0.493 e. The van der Waals surface area contributed by atoms with Gasteiger partial charge in [-0.25, -0.2) is 4.79 Å². The summed E-state index contributed by atoms with van der Waals surface area (Å²) in [6.07, 6.45) is 2.15. The molecule has 0 spiro atoms. The molecule has 1 N–H and O–H groups in total. The van der Waals surface area contributed by atoms with E-state index in [0.717, 1.165) is 0 Å². The number of aliphatic carboxylic acids is 1. The van der Waals surface area contributed by atoms with E-state index in [9.17, 15) is 4.79 Å². The first-order chi connectivity index (χ1) is 12.1. The molecule has 2 rings (SSSR count). The molecule has 6 nitrogen and oxygen atoms in total. The molecule has 0 aliphatic heterocycles. The lowest BCUT2D eigenvalue weighted by molar-refractivity contribution is -0.132. The number of carboxylic acids is 1. The van der Waals surface area contributed by atoms with Crippen LogP contribution in [0.1, 0.15) is 18.9 Å². The normalized spacial score (nSPS) is 11.3. The van der Waals surface area contributed by atoms with Gasteiger partial charge in [0.2, 0.25) is 0 Å². The van der Waals surface area contributed by atoms with Crippen molar-refractivity contribution in [2.45, 2.75) is 13.3 Å². The zero-order chi connectivity index (χ0) is 18.1. The number of carbonyl (C=O) groups is 1. The third kappa shape index (κ3) is 5.92. The van der Waals surface area contributed by atoms with Gasteiger partial charge in [-0.2, -0.15) is 15.5 Å². The Balaban J connectivity index is 1.87. The molecular weight excluding hydrogens is 318 g/mol. The molecule has 2 aromatic carbocycles. The van der Waals surface area contributed by atoms with E-state index in [4.69, 9.17) is 15.1 Å². The van der Waals surface area contributed by atoms with Gasteiger partial charge in [-0.1, -0.05) is 6.08 Å². The van der Waals surface area contributed by atoms with Crippen LogP contribution in [-0.4, -0.2) is 17.7 Å². The van der Waals surface area contributed by atoms with Crippen LogP contribution in [0.25, 0.3) is 0 Å². The summed E-state index contributed by atoms with van der Waals surface area (Å²) in [4.78, 5) is 10.7. The van der Waals surface area contributed by atoms with E-state index in [1.807, 2.05) is 6.07 Å². The minimum atomic E-state index is -0.919. The van der Waals surface area contributed by atoms with Gasteiger partial charge in [-0.05, 0) is 55.5 Å². The highest BCUT2D eigenvalue weighted by atomic mass is 16.5. The first kappa shape index (κ1) is 17.9. The molecule has 0 saturated heterocycles. The molecule has 25 heavy (non-hydrogen) atoms. The van der Waals surface area contributed by atoms with Gasteiger partial charge in [-0.15, -0.1) is 0 Å². The molecule has 0 radical (unpaired) electrons. The fourth-order valence-corrected chi connectivity index (χ4v) is 1.87. The molecule has 0 fully saturated rings. The molecule has 0 aliphatic carbocycles. The monoisotopic (exact) mass is 335 g/mol. The Morgan fingerprint density at radius 1 is 1.12 bits per heavy atom. The molecule has 0 saturated carbocycles. The summed E-state index contributed by atoms with van der Waals surface area (Å²) < 4.78 is 5.54. The maximum absolute atomic E-state index is 10.7. The number of hydrogen-bond donors (Lipinski definition) is 1. The number of nitrogens with zero attached hydrogens (tertiary/aromatic N) is 3. The Bertz CT molecular complexity index is 816. The van der Waals surface area contributed by atoms with Crippen LogP contribution in [0.15, 0.2) is 70.4 Å². The zero-order valence-electron chi connectivity index (χ0n) is 13.7. The second-order valence-corrected chi connectivity index (χ2v) is 5.18. The van der Waals surface area contributed by atoms with Crippen molar-refractivity contribution in [3.05, 3.63) is 65.7 Å². The highest BCUT2D eigenvalue weighted by Gasteiger charge is 1.99. The van der Waals surface area contributed by atoms with Gasteiger partial charge in [0.05, 0.1) is 29.6 Å². The smallest absolute Gasteiger partial charge is 0.330 e. The predicted molar refractivity (Wildman–Crippen MR) is 93.3 cm³/mol. The van der Waals surface area contributed by atoms with Crippen molar-refractivity contribution in [3.63, 3.8) is 0 Å². The summed E-state index contributed by atoms with van der Waals surface area (Å²) in [7, 11) is 0. The second kappa shape index (κ2) is 8.99. The van der Waals surface area contributed by atoms with Crippen molar-refractivity contribution in [3.8, 4) is 11.8 Å². The standard InChI is InChI=1S/C19H17N3O3/c1-14(19(23)24)3-2-12-25-18-10-8-17(9-11-18)22-21-16-6-4-15(13-20)5-7-16/h3-11H,2,12H2,1H3,(H,23,24). The molecule has 2 aromatic rings. The van der Waals surface area contributed by atoms with E-state index in [0.29, 0.717) is 41.3 Å². The van der Waals surface area contributed by atoms with Gasteiger partial charge in [0.15, 0.2) is 0 Å². The Morgan fingerprint density at radius 2 is 1.68 bits per heavy atom. The molecule has 0 aromatic heterocycles. The van der Waals surface area contributed by atoms with Crippen molar-refractivity contribution in [1.29, 1.82) is 5.26 Å². The molecule has 126 valence electrons. The lowest BCUT2D eigenvalue weighted by Crippen LogP contribution is -1.99. The lowest BCUT2D eigenvalue weighted by atomic mass is 10.2. The van der Waals surface area contributed by atoms with Crippen molar-refractivity contribution in [2.24, 2.45) is 10.2 Å². The fourth-order valence-electron chi connectivity index (χ4n) is 1.87. The second-order valence-electron chi connectivity index (χ2n) is 5.18. The summed E-state index contributed by atoms with van der Waals surface area (Å²) in [5.41, 5.74) is 2.23. The highest BCUT2D eigenvalue weighted by Crippen LogP contribution is 2.21. The fraction of sp³-hybridized carbons (Fsp3) is 0.158. The van der Waals surface area contributed by atoms with Crippen molar-refractivity contribution in [1.82, 2.24) is 0 Å². The van der Waals surface area contributed by atoms with Crippen molar-refractivity contribution >= 4 is 17.3 Å². The quantitative estimate of drug-likeness (QED) is 0.448. The van der Waals surface area contributed by atoms with Crippen LogP contribution in [0.4, 0.5) is 11.4 Å². The van der Waals surface area contributed by atoms with E-state index in [-0.39, 0.29) is 0 Å². The van der Waals surface area contributed by atoms with E-state index in [2.05, 4.69) is 10.2 Å². The van der Waals surface area contributed by atoms with Crippen LogP contribution in [0.3, 0.4) is 0 Å². The van der Waals surface area contributed by atoms with E-state index >= 15 is 0 Å². The van der Waals surface area contributed by atoms with Crippen LogP contribution in [0.2, 0.25) is 0 Å². The number of benzene rings is 2. The van der Waals surface area contributed by atoms with Crippen LogP contribution in [-0.2, 0) is 4.79 Å².